The van der Waals surface area contributed by atoms with Crippen molar-refractivity contribution in [3.05, 3.63) is 72.8 Å². The van der Waals surface area contributed by atoms with Gasteiger partial charge in [-0.3, -0.25) is 0 Å². The van der Waals surface area contributed by atoms with Gasteiger partial charge in [-0.1, -0.05) is 60.7 Å². The van der Waals surface area contributed by atoms with Crippen LogP contribution in [-0.4, -0.2) is 0 Å². The lowest BCUT2D eigenvalue weighted by atomic mass is 9.92. The molecule has 0 aromatic heterocycles. The maximum atomic E-state index is 12.6. The molecule has 25 heavy (non-hydrogen) atoms. The average Bonchev–Trinajstić information content (AvgIpc) is 2.73. The summed E-state index contributed by atoms with van der Waals surface area (Å²) < 4.78 is 23.7. The monoisotopic (exact) mass is 366 g/mol. The molecule has 4 aromatic carbocycles. The lowest BCUT2D eigenvalue weighted by Gasteiger charge is -2.13. The van der Waals surface area contributed by atoms with Gasteiger partial charge in [-0.2, -0.15) is 0 Å². The van der Waals surface area contributed by atoms with Crippen molar-refractivity contribution in [2.75, 3.05) is 0 Å². The maximum absolute atomic E-state index is 12.6. The Kier molecular flexibility index (Phi) is 3.12. The van der Waals surface area contributed by atoms with Crippen LogP contribution in [0.3, 0.4) is 0 Å². The smallest absolute Gasteiger partial charge is 0.404 e. The van der Waals surface area contributed by atoms with Crippen molar-refractivity contribution in [1.82, 2.24) is 0 Å². The molecule has 122 valence electrons. The van der Waals surface area contributed by atoms with Crippen LogP contribution in [0.4, 0.5) is 0 Å². The zero-order valence-corrected chi connectivity index (χ0v) is 14.6. The standard InChI is InChI=1S/C20H12ClO3P/c21-25(22)23-17-11-9-13-5-1-3-7-15(13)19(17)20-16-8-4-2-6-14(16)10-12-18(20)24-25/h1-12H. The van der Waals surface area contributed by atoms with Crippen molar-refractivity contribution < 1.29 is 13.6 Å². The third kappa shape index (κ3) is 2.31. The highest BCUT2D eigenvalue weighted by Gasteiger charge is 2.33. The highest BCUT2D eigenvalue weighted by Crippen LogP contribution is 2.61. The minimum Gasteiger partial charge on any atom is -0.404 e. The molecule has 4 aromatic rings. The second-order valence-corrected chi connectivity index (χ2v) is 8.40. The van der Waals surface area contributed by atoms with Gasteiger partial charge in [-0.05, 0) is 33.7 Å². The highest BCUT2D eigenvalue weighted by molar-refractivity contribution is 7.82. The van der Waals surface area contributed by atoms with Crippen molar-refractivity contribution in [1.29, 1.82) is 0 Å². The minimum absolute atomic E-state index is 0.465. The largest absolute Gasteiger partial charge is 0.530 e. The van der Waals surface area contributed by atoms with Crippen LogP contribution in [0.5, 0.6) is 11.5 Å². The van der Waals surface area contributed by atoms with Crippen molar-refractivity contribution in [2.45, 2.75) is 0 Å². The van der Waals surface area contributed by atoms with Crippen molar-refractivity contribution in [2.24, 2.45) is 0 Å². The van der Waals surface area contributed by atoms with E-state index >= 15 is 0 Å². The third-order valence-electron chi connectivity index (χ3n) is 4.45. The summed E-state index contributed by atoms with van der Waals surface area (Å²) in [5.74, 6) is 0.930. The molecule has 5 heteroatoms. The minimum atomic E-state index is -3.78. The van der Waals surface area contributed by atoms with E-state index in [2.05, 4.69) is 0 Å². The SMILES string of the molecule is O=P1(Cl)Oc2ccc3ccccc3c2-c2c(ccc3ccccc23)O1. The molecule has 0 amide bonds. The van der Waals surface area contributed by atoms with Gasteiger partial charge in [0.2, 0.25) is 0 Å². The molecule has 0 radical (unpaired) electrons. The Morgan fingerprint density at radius 3 is 1.56 bits per heavy atom. The second-order valence-electron chi connectivity index (χ2n) is 5.93. The van der Waals surface area contributed by atoms with Crippen molar-refractivity contribution in [3.63, 3.8) is 0 Å². The summed E-state index contributed by atoms with van der Waals surface area (Å²) >= 11 is 6.05. The molecule has 0 saturated carbocycles. The molecule has 0 N–H and O–H groups in total. The van der Waals surface area contributed by atoms with Gasteiger partial charge >= 0.3 is 6.95 Å². The average molecular weight is 367 g/mol. The van der Waals surface area contributed by atoms with E-state index in [0.717, 1.165) is 32.7 Å². The molecule has 3 nitrogen and oxygen atoms in total. The van der Waals surface area contributed by atoms with Crippen LogP contribution in [0.2, 0.25) is 0 Å². The predicted octanol–water partition coefficient (Wildman–Crippen LogP) is 6.78. The fraction of sp³-hybridized carbons (Fsp3) is 0. The summed E-state index contributed by atoms with van der Waals surface area (Å²) in [5, 5.41) is 4.13. The van der Waals surface area contributed by atoms with E-state index in [9.17, 15) is 4.57 Å². The van der Waals surface area contributed by atoms with Crippen LogP contribution in [0.1, 0.15) is 0 Å². The molecule has 1 aliphatic rings. The van der Waals surface area contributed by atoms with E-state index in [1.54, 1.807) is 12.1 Å². The van der Waals surface area contributed by atoms with Crippen LogP contribution in [0.15, 0.2) is 72.8 Å². The quantitative estimate of drug-likeness (QED) is 0.322. The number of rotatable bonds is 0. The number of hydrogen-bond donors (Lipinski definition) is 0. The normalized spacial score (nSPS) is 14.9. The zero-order chi connectivity index (χ0) is 17.0. The Labute approximate surface area is 149 Å². The van der Waals surface area contributed by atoms with E-state index in [4.69, 9.17) is 20.3 Å². The molecule has 5 rings (SSSR count). The predicted molar refractivity (Wildman–Crippen MR) is 102 cm³/mol. The van der Waals surface area contributed by atoms with Crippen LogP contribution in [-0.2, 0) is 4.57 Å². The summed E-state index contributed by atoms with van der Waals surface area (Å²) in [5.41, 5.74) is 1.70. The molecule has 0 fully saturated rings. The molecular weight excluding hydrogens is 355 g/mol. The van der Waals surface area contributed by atoms with Crippen molar-refractivity contribution >= 4 is 39.7 Å². The summed E-state index contributed by atoms with van der Waals surface area (Å²) in [6.07, 6.45) is 0. The highest BCUT2D eigenvalue weighted by atomic mass is 35.7. The van der Waals surface area contributed by atoms with Crippen LogP contribution >= 0.6 is 18.2 Å². The van der Waals surface area contributed by atoms with E-state index in [0.29, 0.717) is 11.5 Å². The zero-order valence-electron chi connectivity index (χ0n) is 13.0. The first-order valence-corrected chi connectivity index (χ1v) is 10.3. The Bertz CT molecular complexity index is 1110. The molecule has 0 unspecified atom stereocenters. The molecule has 1 heterocycles. The summed E-state index contributed by atoms with van der Waals surface area (Å²) in [7, 11) is 0. The molecule has 0 bridgehead atoms. The number of hydrogen-bond acceptors (Lipinski definition) is 3. The third-order valence-corrected chi connectivity index (χ3v) is 5.69. The Morgan fingerprint density at radius 1 is 0.640 bits per heavy atom. The molecule has 0 atom stereocenters. The van der Waals surface area contributed by atoms with Gasteiger partial charge < -0.3 is 9.05 Å². The lowest BCUT2D eigenvalue weighted by Crippen LogP contribution is -1.92. The summed E-state index contributed by atoms with van der Waals surface area (Å²) in [6, 6.07) is 23.5. The lowest BCUT2D eigenvalue weighted by molar-refractivity contribution is 0.412. The van der Waals surface area contributed by atoms with Gasteiger partial charge in [0.05, 0.1) is 0 Å². The fourth-order valence-electron chi connectivity index (χ4n) is 3.42. The first-order valence-electron chi connectivity index (χ1n) is 7.85. The Morgan fingerprint density at radius 2 is 1.08 bits per heavy atom. The molecular formula is C20H12ClO3P. The van der Waals surface area contributed by atoms with E-state index in [-0.39, 0.29) is 0 Å². The summed E-state index contributed by atoms with van der Waals surface area (Å²) in [4.78, 5) is 0. The fourth-order valence-corrected chi connectivity index (χ4v) is 4.68. The maximum Gasteiger partial charge on any atom is 0.530 e. The topological polar surface area (TPSA) is 35.5 Å². The number of benzene rings is 4. The van der Waals surface area contributed by atoms with Gasteiger partial charge in [0.25, 0.3) is 0 Å². The molecule has 0 aliphatic carbocycles. The van der Waals surface area contributed by atoms with E-state index in [1.807, 2.05) is 60.7 Å². The molecule has 0 saturated heterocycles. The summed E-state index contributed by atoms with van der Waals surface area (Å²) in [6.45, 7) is -3.78. The molecule has 1 aliphatic heterocycles. The van der Waals surface area contributed by atoms with Crippen LogP contribution in [0.25, 0.3) is 32.7 Å². The number of fused-ring (bicyclic) bond motifs is 7. The van der Waals surface area contributed by atoms with Gasteiger partial charge in [-0.25, -0.2) is 4.57 Å². The van der Waals surface area contributed by atoms with E-state index in [1.165, 1.54) is 0 Å². The second kappa shape index (κ2) is 5.26. The van der Waals surface area contributed by atoms with Crippen LogP contribution in [0, 0.1) is 0 Å². The van der Waals surface area contributed by atoms with Gasteiger partial charge in [-0.15, -0.1) is 0 Å². The first-order chi connectivity index (χ1) is 12.1. The van der Waals surface area contributed by atoms with E-state index < -0.39 is 6.95 Å². The number of halogens is 1. The molecule has 0 spiro atoms. The Balaban J connectivity index is 2.02. The van der Waals surface area contributed by atoms with Gasteiger partial charge in [0, 0.05) is 22.4 Å². The Hall–Kier alpha value is -2.48. The van der Waals surface area contributed by atoms with Crippen LogP contribution < -0.4 is 9.05 Å². The first kappa shape index (κ1) is 14.8. The van der Waals surface area contributed by atoms with Crippen molar-refractivity contribution in [3.8, 4) is 22.6 Å². The van der Waals surface area contributed by atoms with Gasteiger partial charge in [0.1, 0.15) is 11.5 Å². The van der Waals surface area contributed by atoms with Gasteiger partial charge in [0.15, 0.2) is 0 Å².